The molecule has 1 N–H and O–H groups in total. The van der Waals surface area contributed by atoms with E-state index in [2.05, 4.69) is 40.2 Å². The van der Waals surface area contributed by atoms with Crippen LogP contribution in [0.3, 0.4) is 0 Å². The van der Waals surface area contributed by atoms with E-state index in [0.717, 1.165) is 35.3 Å². The first kappa shape index (κ1) is 14.1. The summed E-state index contributed by atoms with van der Waals surface area (Å²) in [4.78, 5) is 0. The molecule has 0 atom stereocenters. The Morgan fingerprint density at radius 3 is 3.00 bits per heavy atom. The van der Waals surface area contributed by atoms with Crippen LogP contribution in [0.2, 0.25) is 0 Å². The molecule has 0 saturated heterocycles. The summed E-state index contributed by atoms with van der Waals surface area (Å²) in [5.74, 6) is 3.47. The van der Waals surface area contributed by atoms with Crippen molar-refractivity contribution >= 4 is 15.9 Å². The minimum absolute atomic E-state index is 0.555. The van der Waals surface area contributed by atoms with Crippen molar-refractivity contribution in [2.24, 2.45) is 0 Å². The third-order valence-electron chi connectivity index (χ3n) is 2.28. The Morgan fingerprint density at radius 1 is 1.47 bits per heavy atom. The monoisotopic (exact) mass is 295 g/mol. The summed E-state index contributed by atoms with van der Waals surface area (Å²) >= 11 is 3.50. The second-order valence-electron chi connectivity index (χ2n) is 3.71. The van der Waals surface area contributed by atoms with E-state index in [1.54, 1.807) is 0 Å². The van der Waals surface area contributed by atoms with E-state index in [-0.39, 0.29) is 0 Å². The average molecular weight is 296 g/mol. The molecule has 1 aromatic rings. The summed E-state index contributed by atoms with van der Waals surface area (Å²) in [7, 11) is 0. The minimum atomic E-state index is 0.555. The fraction of sp³-hybridized carbons (Fsp3) is 0.429. The fourth-order valence-corrected chi connectivity index (χ4v) is 1.99. The zero-order valence-corrected chi connectivity index (χ0v) is 11.7. The van der Waals surface area contributed by atoms with Crippen molar-refractivity contribution < 1.29 is 4.74 Å². The molecular formula is C14H18BrNO. The quantitative estimate of drug-likeness (QED) is 0.615. The van der Waals surface area contributed by atoms with Crippen LogP contribution in [-0.4, -0.2) is 13.2 Å². The molecule has 0 saturated carbocycles. The molecule has 92 valence electrons. The summed E-state index contributed by atoms with van der Waals surface area (Å²) in [5, 5.41) is 3.37. The van der Waals surface area contributed by atoms with Crippen LogP contribution in [0.4, 0.5) is 0 Å². The molecule has 2 nitrogen and oxygen atoms in total. The van der Waals surface area contributed by atoms with Crippen molar-refractivity contribution in [3.05, 3.63) is 28.2 Å². The van der Waals surface area contributed by atoms with Crippen molar-refractivity contribution in [2.75, 3.05) is 13.2 Å². The van der Waals surface area contributed by atoms with Crippen LogP contribution < -0.4 is 10.1 Å². The van der Waals surface area contributed by atoms with E-state index in [1.165, 1.54) is 0 Å². The number of hydrogen-bond acceptors (Lipinski definition) is 2. The molecule has 0 spiro atoms. The van der Waals surface area contributed by atoms with Crippen molar-refractivity contribution in [1.29, 1.82) is 0 Å². The number of hydrogen-bond donors (Lipinski definition) is 1. The summed E-state index contributed by atoms with van der Waals surface area (Å²) in [6, 6.07) is 6.06. The topological polar surface area (TPSA) is 21.3 Å². The van der Waals surface area contributed by atoms with Crippen LogP contribution in [0.1, 0.15) is 25.3 Å². The largest absolute Gasteiger partial charge is 0.491 e. The van der Waals surface area contributed by atoms with Gasteiger partial charge in [-0.05, 0) is 35.0 Å². The Kier molecular flexibility index (Phi) is 6.76. The predicted octanol–water partition coefficient (Wildman–Crippen LogP) is 3.35. The van der Waals surface area contributed by atoms with E-state index >= 15 is 0 Å². The minimum Gasteiger partial charge on any atom is -0.491 e. The van der Waals surface area contributed by atoms with Gasteiger partial charge in [0.1, 0.15) is 5.75 Å². The Morgan fingerprint density at radius 2 is 2.29 bits per heavy atom. The van der Waals surface area contributed by atoms with Gasteiger partial charge < -0.3 is 10.1 Å². The van der Waals surface area contributed by atoms with E-state index in [0.29, 0.717) is 13.0 Å². The second kappa shape index (κ2) is 8.16. The lowest BCUT2D eigenvalue weighted by atomic mass is 10.2. The molecule has 0 unspecified atom stereocenters. The van der Waals surface area contributed by atoms with E-state index in [4.69, 9.17) is 11.2 Å². The molecule has 17 heavy (non-hydrogen) atoms. The smallest absolute Gasteiger partial charge is 0.137 e. The van der Waals surface area contributed by atoms with Gasteiger partial charge >= 0.3 is 0 Å². The van der Waals surface area contributed by atoms with Gasteiger partial charge in [0.25, 0.3) is 0 Å². The molecule has 0 aromatic heterocycles. The number of benzene rings is 1. The molecule has 0 amide bonds. The highest BCUT2D eigenvalue weighted by molar-refractivity contribution is 9.10. The Hall–Kier alpha value is -0.980. The van der Waals surface area contributed by atoms with Gasteiger partial charge in [-0.1, -0.05) is 19.1 Å². The van der Waals surface area contributed by atoms with E-state index in [1.807, 2.05) is 12.1 Å². The van der Waals surface area contributed by atoms with Gasteiger partial charge in [0.05, 0.1) is 11.1 Å². The van der Waals surface area contributed by atoms with Gasteiger partial charge in [0.15, 0.2) is 0 Å². The number of terminal acetylenes is 1. The normalized spacial score (nSPS) is 9.94. The first-order valence-electron chi connectivity index (χ1n) is 5.84. The van der Waals surface area contributed by atoms with Gasteiger partial charge in [-0.25, -0.2) is 0 Å². The zero-order valence-electron chi connectivity index (χ0n) is 10.1. The fourth-order valence-electron chi connectivity index (χ4n) is 1.47. The van der Waals surface area contributed by atoms with Crippen molar-refractivity contribution in [3.8, 4) is 18.1 Å². The van der Waals surface area contributed by atoms with Gasteiger partial charge in [-0.3, -0.25) is 0 Å². The summed E-state index contributed by atoms with van der Waals surface area (Å²) < 4.78 is 6.69. The number of halogens is 1. The molecule has 0 aliphatic carbocycles. The molecule has 0 radical (unpaired) electrons. The van der Waals surface area contributed by atoms with Crippen molar-refractivity contribution in [2.45, 2.75) is 26.3 Å². The van der Waals surface area contributed by atoms with Crippen molar-refractivity contribution in [1.82, 2.24) is 5.32 Å². The molecule has 0 aliphatic rings. The number of rotatable bonds is 7. The third-order valence-corrected chi connectivity index (χ3v) is 2.91. The maximum absolute atomic E-state index is 5.71. The molecule has 1 rings (SSSR count). The van der Waals surface area contributed by atoms with Gasteiger partial charge in [0, 0.05) is 18.5 Å². The van der Waals surface area contributed by atoms with Crippen LogP contribution in [0.5, 0.6) is 5.75 Å². The first-order chi connectivity index (χ1) is 8.29. The van der Waals surface area contributed by atoms with Gasteiger partial charge in [-0.2, -0.15) is 0 Å². The van der Waals surface area contributed by atoms with Crippen molar-refractivity contribution in [3.63, 3.8) is 0 Å². The second-order valence-corrected chi connectivity index (χ2v) is 4.56. The molecule has 0 bridgehead atoms. The maximum Gasteiger partial charge on any atom is 0.137 e. The molecule has 0 fully saturated rings. The van der Waals surface area contributed by atoms with Crippen LogP contribution in [0.25, 0.3) is 0 Å². The van der Waals surface area contributed by atoms with E-state index in [9.17, 15) is 0 Å². The number of nitrogens with one attached hydrogen (secondary N) is 1. The van der Waals surface area contributed by atoms with Crippen LogP contribution in [-0.2, 0) is 6.54 Å². The highest BCUT2D eigenvalue weighted by Crippen LogP contribution is 2.29. The molecule has 3 heteroatoms. The van der Waals surface area contributed by atoms with Crippen LogP contribution in [0.15, 0.2) is 22.7 Å². The molecular weight excluding hydrogens is 278 g/mol. The molecule has 1 aromatic carbocycles. The summed E-state index contributed by atoms with van der Waals surface area (Å²) in [6.07, 6.45) is 6.97. The van der Waals surface area contributed by atoms with Gasteiger partial charge in [-0.15, -0.1) is 12.3 Å². The number of ether oxygens (including phenoxy) is 1. The standard InChI is InChI=1S/C14H18BrNO/c1-3-5-10-17-14-12(11-16-9-4-2)7-6-8-13(14)15/h1,6-8,16H,4-5,9-11H2,2H3. The highest BCUT2D eigenvalue weighted by atomic mass is 79.9. The lowest BCUT2D eigenvalue weighted by Gasteiger charge is -2.13. The number of para-hydroxylation sites is 1. The zero-order chi connectivity index (χ0) is 12.5. The Balaban J connectivity index is 2.67. The molecule has 0 heterocycles. The van der Waals surface area contributed by atoms with Crippen LogP contribution >= 0.6 is 15.9 Å². The highest BCUT2D eigenvalue weighted by Gasteiger charge is 2.07. The van der Waals surface area contributed by atoms with Gasteiger partial charge in [0.2, 0.25) is 0 Å². The lowest BCUT2D eigenvalue weighted by Crippen LogP contribution is -2.15. The summed E-state index contributed by atoms with van der Waals surface area (Å²) in [6.45, 7) is 4.53. The average Bonchev–Trinajstić information content (AvgIpc) is 2.33. The Labute approximate surface area is 112 Å². The maximum atomic E-state index is 5.71. The first-order valence-corrected chi connectivity index (χ1v) is 6.63. The van der Waals surface area contributed by atoms with Crippen LogP contribution in [0, 0.1) is 12.3 Å². The molecule has 0 aliphatic heterocycles. The Bertz CT molecular complexity index is 384. The summed E-state index contributed by atoms with van der Waals surface area (Å²) in [5.41, 5.74) is 1.16. The predicted molar refractivity (Wildman–Crippen MR) is 75.1 cm³/mol. The SMILES string of the molecule is C#CCCOc1c(Br)cccc1CNCCC. The van der Waals surface area contributed by atoms with E-state index < -0.39 is 0 Å². The lowest BCUT2D eigenvalue weighted by molar-refractivity contribution is 0.321. The third kappa shape index (κ3) is 4.80.